The minimum Gasteiger partial charge on any atom is -0.377 e. The van der Waals surface area contributed by atoms with Crippen LogP contribution in [0, 0.1) is 6.92 Å². The van der Waals surface area contributed by atoms with E-state index in [-0.39, 0.29) is 5.69 Å². The summed E-state index contributed by atoms with van der Waals surface area (Å²) in [5.41, 5.74) is 0.230. The van der Waals surface area contributed by atoms with E-state index in [9.17, 15) is 13.2 Å². The predicted octanol–water partition coefficient (Wildman–Crippen LogP) is 3.08. The summed E-state index contributed by atoms with van der Waals surface area (Å²) in [5, 5.41) is 0. The average molecular weight is 203 g/mol. The summed E-state index contributed by atoms with van der Waals surface area (Å²) in [6.07, 6.45) is -4.29. The summed E-state index contributed by atoms with van der Waals surface area (Å²) in [6, 6.07) is 4.32. The van der Waals surface area contributed by atoms with Crippen molar-refractivity contribution in [3.63, 3.8) is 0 Å². The van der Waals surface area contributed by atoms with Crippen molar-refractivity contribution < 1.29 is 13.2 Å². The molecule has 4 heteroatoms. The Morgan fingerprint density at radius 3 is 2.14 bits per heavy atom. The maximum Gasteiger partial charge on any atom is 0.418 e. The zero-order valence-corrected chi connectivity index (χ0v) is 8.31. The van der Waals surface area contributed by atoms with Crippen LogP contribution in [0.2, 0.25) is 0 Å². The highest BCUT2D eigenvalue weighted by Gasteiger charge is 2.33. The van der Waals surface area contributed by atoms with Crippen LogP contribution in [-0.4, -0.2) is 14.1 Å². The van der Waals surface area contributed by atoms with E-state index < -0.39 is 11.7 Å². The lowest BCUT2D eigenvalue weighted by Gasteiger charge is -2.19. The van der Waals surface area contributed by atoms with Crippen LogP contribution < -0.4 is 4.90 Å². The van der Waals surface area contributed by atoms with E-state index in [1.165, 1.54) is 11.0 Å². The molecular weight excluding hydrogens is 191 g/mol. The van der Waals surface area contributed by atoms with Crippen LogP contribution in [0.15, 0.2) is 18.2 Å². The van der Waals surface area contributed by atoms with Gasteiger partial charge in [-0.3, -0.25) is 0 Å². The number of anilines is 1. The maximum atomic E-state index is 12.6. The molecule has 0 saturated carbocycles. The Bertz CT molecular complexity index is 329. The van der Waals surface area contributed by atoms with Crippen molar-refractivity contribution in [2.45, 2.75) is 13.1 Å². The first kappa shape index (κ1) is 10.9. The number of hydrogen-bond donors (Lipinski definition) is 0. The Morgan fingerprint density at radius 1 is 1.14 bits per heavy atom. The van der Waals surface area contributed by atoms with Crippen LogP contribution in [0.3, 0.4) is 0 Å². The predicted molar refractivity (Wildman–Crippen MR) is 50.5 cm³/mol. The van der Waals surface area contributed by atoms with Gasteiger partial charge in [0.05, 0.1) is 5.56 Å². The van der Waals surface area contributed by atoms with Gasteiger partial charge in [0.25, 0.3) is 0 Å². The van der Waals surface area contributed by atoms with Crippen molar-refractivity contribution in [2.75, 3.05) is 19.0 Å². The molecule has 0 bridgehead atoms. The molecule has 0 radical (unpaired) electrons. The molecule has 0 aliphatic rings. The number of alkyl halides is 3. The largest absolute Gasteiger partial charge is 0.418 e. The van der Waals surface area contributed by atoms with Crippen LogP contribution >= 0.6 is 0 Å². The van der Waals surface area contributed by atoms with Gasteiger partial charge in [0, 0.05) is 19.8 Å². The molecule has 0 amide bonds. The molecule has 0 fully saturated rings. The minimum atomic E-state index is -4.29. The molecule has 0 atom stereocenters. The van der Waals surface area contributed by atoms with Gasteiger partial charge in [-0.25, -0.2) is 0 Å². The van der Waals surface area contributed by atoms with Gasteiger partial charge in [0.1, 0.15) is 0 Å². The SMILES string of the molecule is Cc1ccc(N(C)C)c(C(F)(F)F)c1. The molecule has 0 saturated heterocycles. The van der Waals surface area contributed by atoms with Gasteiger partial charge in [-0.15, -0.1) is 0 Å². The van der Waals surface area contributed by atoms with Gasteiger partial charge in [0.15, 0.2) is 0 Å². The fourth-order valence-electron chi connectivity index (χ4n) is 1.27. The Hall–Kier alpha value is -1.19. The lowest BCUT2D eigenvalue weighted by Crippen LogP contribution is -2.16. The molecule has 0 spiro atoms. The highest BCUT2D eigenvalue weighted by Crippen LogP contribution is 2.36. The Balaban J connectivity index is 3.30. The summed E-state index contributed by atoms with van der Waals surface area (Å²) in [7, 11) is 3.19. The van der Waals surface area contributed by atoms with E-state index in [0.717, 1.165) is 6.07 Å². The van der Waals surface area contributed by atoms with Crippen LogP contribution in [0.25, 0.3) is 0 Å². The smallest absolute Gasteiger partial charge is 0.377 e. The quantitative estimate of drug-likeness (QED) is 0.678. The molecule has 78 valence electrons. The first-order valence-corrected chi connectivity index (χ1v) is 4.17. The second-order valence-corrected chi connectivity index (χ2v) is 3.41. The molecule has 1 nitrogen and oxygen atoms in total. The Kier molecular flexibility index (Phi) is 2.73. The van der Waals surface area contributed by atoms with Gasteiger partial charge in [-0.2, -0.15) is 13.2 Å². The van der Waals surface area contributed by atoms with Gasteiger partial charge in [0.2, 0.25) is 0 Å². The normalized spacial score (nSPS) is 11.6. The fourth-order valence-corrected chi connectivity index (χ4v) is 1.27. The summed E-state index contributed by atoms with van der Waals surface area (Å²) in [5.74, 6) is 0. The fraction of sp³-hybridized carbons (Fsp3) is 0.400. The van der Waals surface area contributed by atoms with Crippen molar-refractivity contribution in [3.05, 3.63) is 29.3 Å². The van der Waals surface area contributed by atoms with Crippen molar-refractivity contribution >= 4 is 5.69 Å². The van der Waals surface area contributed by atoms with E-state index in [1.807, 2.05) is 0 Å². The molecular formula is C10H12F3N. The number of nitrogens with zero attached hydrogens (tertiary/aromatic N) is 1. The lowest BCUT2D eigenvalue weighted by molar-refractivity contribution is -0.137. The zero-order chi connectivity index (χ0) is 10.9. The standard InChI is InChI=1S/C10H12F3N/c1-7-4-5-9(14(2)3)8(6-7)10(11,12)13/h4-6H,1-3H3. The number of halogens is 3. The molecule has 0 heterocycles. The second kappa shape index (κ2) is 3.52. The van der Waals surface area contributed by atoms with Gasteiger partial charge in [-0.1, -0.05) is 11.6 Å². The third kappa shape index (κ3) is 2.19. The average Bonchev–Trinajstić information content (AvgIpc) is 2.01. The molecule has 1 rings (SSSR count). The second-order valence-electron chi connectivity index (χ2n) is 3.41. The molecule has 0 unspecified atom stereocenters. The molecule has 1 aromatic rings. The van der Waals surface area contributed by atoms with Crippen molar-refractivity contribution in [1.29, 1.82) is 0 Å². The van der Waals surface area contributed by atoms with Crippen LogP contribution in [-0.2, 0) is 6.18 Å². The number of hydrogen-bond acceptors (Lipinski definition) is 1. The maximum absolute atomic E-state index is 12.6. The highest BCUT2D eigenvalue weighted by molar-refractivity contribution is 5.55. The van der Waals surface area contributed by atoms with Gasteiger partial charge >= 0.3 is 6.18 Å². The monoisotopic (exact) mass is 203 g/mol. The molecule has 0 aromatic heterocycles. The van der Waals surface area contributed by atoms with Crippen LogP contribution in [0.5, 0.6) is 0 Å². The summed E-state index contributed by atoms with van der Waals surface area (Å²) >= 11 is 0. The van der Waals surface area contributed by atoms with Crippen LogP contribution in [0.4, 0.5) is 18.9 Å². The van der Waals surface area contributed by atoms with E-state index >= 15 is 0 Å². The van der Waals surface area contributed by atoms with E-state index in [0.29, 0.717) is 5.56 Å². The van der Waals surface area contributed by atoms with Crippen molar-refractivity contribution in [1.82, 2.24) is 0 Å². The topological polar surface area (TPSA) is 3.24 Å². The van der Waals surface area contributed by atoms with E-state index in [2.05, 4.69) is 0 Å². The van der Waals surface area contributed by atoms with Gasteiger partial charge < -0.3 is 4.90 Å². The van der Waals surface area contributed by atoms with Crippen molar-refractivity contribution in [2.24, 2.45) is 0 Å². The zero-order valence-electron chi connectivity index (χ0n) is 8.31. The molecule has 0 aliphatic heterocycles. The molecule has 0 N–H and O–H groups in total. The van der Waals surface area contributed by atoms with Crippen LogP contribution in [0.1, 0.15) is 11.1 Å². The molecule has 14 heavy (non-hydrogen) atoms. The highest BCUT2D eigenvalue weighted by atomic mass is 19.4. The summed E-state index contributed by atoms with van der Waals surface area (Å²) < 4.78 is 37.7. The first-order valence-electron chi connectivity index (χ1n) is 4.17. The minimum absolute atomic E-state index is 0.197. The van der Waals surface area contributed by atoms with E-state index in [1.54, 1.807) is 27.1 Å². The molecule has 0 aliphatic carbocycles. The summed E-state index contributed by atoms with van der Waals surface area (Å²) in [4.78, 5) is 1.46. The lowest BCUT2D eigenvalue weighted by atomic mass is 10.1. The molecule has 1 aromatic carbocycles. The van der Waals surface area contributed by atoms with Crippen molar-refractivity contribution in [3.8, 4) is 0 Å². The Labute approximate surface area is 81.1 Å². The summed E-state index contributed by atoms with van der Waals surface area (Å²) in [6.45, 7) is 1.65. The first-order chi connectivity index (χ1) is 6.32. The third-order valence-corrected chi connectivity index (χ3v) is 1.94. The number of aryl methyl sites for hydroxylation is 1. The van der Waals surface area contributed by atoms with E-state index in [4.69, 9.17) is 0 Å². The third-order valence-electron chi connectivity index (χ3n) is 1.94. The Morgan fingerprint density at radius 2 is 1.71 bits per heavy atom. The number of benzene rings is 1. The van der Waals surface area contributed by atoms with Gasteiger partial charge in [-0.05, 0) is 19.1 Å². The number of rotatable bonds is 1.